The molecule has 2 atom stereocenters. The zero-order chi connectivity index (χ0) is 18.4. The highest BCUT2D eigenvalue weighted by atomic mass is 35.5. The molecule has 0 saturated carbocycles. The van der Waals surface area contributed by atoms with Crippen molar-refractivity contribution in [1.82, 2.24) is 5.32 Å². The van der Waals surface area contributed by atoms with E-state index in [1.807, 2.05) is 42.5 Å². The predicted molar refractivity (Wildman–Crippen MR) is 97.8 cm³/mol. The lowest BCUT2D eigenvalue weighted by Crippen LogP contribution is -2.34. The van der Waals surface area contributed by atoms with Crippen molar-refractivity contribution in [2.24, 2.45) is 0 Å². The third-order valence-electron chi connectivity index (χ3n) is 4.18. The summed E-state index contributed by atoms with van der Waals surface area (Å²) in [5.74, 6) is -0.861. The third-order valence-corrected chi connectivity index (χ3v) is 4.43. The van der Waals surface area contributed by atoms with Crippen molar-refractivity contribution in [2.45, 2.75) is 25.0 Å². The fourth-order valence-electron chi connectivity index (χ4n) is 2.86. The standard InChI is InChI=1S/C20H20ClNO4/c21-16-10-8-15(9-11-16)19(14-5-2-1-3-6-14)22-18(23)13-26-20(24)17-7-4-12-25-17/h1-3,5-6,8-11,17,19H,4,7,12-13H2,(H,22,23). The normalized spacial score (nSPS) is 17.5. The molecule has 0 radical (unpaired) electrons. The Morgan fingerprint density at radius 2 is 1.81 bits per heavy atom. The number of amides is 1. The third kappa shape index (κ3) is 4.84. The van der Waals surface area contributed by atoms with Crippen molar-refractivity contribution in [3.63, 3.8) is 0 Å². The van der Waals surface area contributed by atoms with Crippen LogP contribution in [0.1, 0.15) is 30.0 Å². The quantitative estimate of drug-likeness (QED) is 0.789. The van der Waals surface area contributed by atoms with E-state index >= 15 is 0 Å². The minimum absolute atomic E-state index is 0.338. The van der Waals surface area contributed by atoms with E-state index in [2.05, 4.69) is 5.32 Å². The van der Waals surface area contributed by atoms with Crippen LogP contribution in [0.15, 0.2) is 54.6 Å². The van der Waals surface area contributed by atoms with Gasteiger partial charge in [0.2, 0.25) is 0 Å². The van der Waals surface area contributed by atoms with Crippen LogP contribution >= 0.6 is 11.6 Å². The minimum Gasteiger partial charge on any atom is -0.454 e. The van der Waals surface area contributed by atoms with Gasteiger partial charge in [0.15, 0.2) is 12.7 Å². The average molecular weight is 374 g/mol. The van der Waals surface area contributed by atoms with Crippen LogP contribution in [0.4, 0.5) is 0 Å². The van der Waals surface area contributed by atoms with Gasteiger partial charge < -0.3 is 14.8 Å². The molecule has 1 aliphatic heterocycles. The Kier molecular flexibility index (Phi) is 6.26. The molecule has 26 heavy (non-hydrogen) atoms. The summed E-state index contributed by atoms with van der Waals surface area (Å²) in [5.41, 5.74) is 1.81. The maximum absolute atomic E-state index is 12.3. The molecule has 0 bridgehead atoms. The maximum atomic E-state index is 12.3. The fraction of sp³-hybridized carbons (Fsp3) is 0.300. The van der Waals surface area contributed by atoms with E-state index in [1.165, 1.54) is 0 Å². The Labute approximate surface area is 157 Å². The number of hydrogen-bond donors (Lipinski definition) is 1. The van der Waals surface area contributed by atoms with E-state index in [-0.39, 0.29) is 18.6 Å². The van der Waals surface area contributed by atoms with Gasteiger partial charge in [-0.2, -0.15) is 0 Å². The van der Waals surface area contributed by atoms with Crippen molar-refractivity contribution < 1.29 is 19.1 Å². The molecule has 136 valence electrons. The molecule has 1 heterocycles. The lowest BCUT2D eigenvalue weighted by molar-refractivity contribution is -0.157. The first-order valence-corrected chi connectivity index (χ1v) is 8.89. The van der Waals surface area contributed by atoms with Crippen molar-refractivity contribution in [3.05, 3.63) is 70.7 Å². The van der Waals surface area contributed by atoms with Gasteiger partial charge in [-0.25, -0.2) is 4.79 Å². The Hall–Kier alpha value is -2.37. The van der Waals surface area contributed by atoms with Crippen LogP contribution in [-0.2, 0) is 19.1 Å². The number of carbonyl (C=O) groups excluding carboxylic acids is 2. The Balaban J connectivity index is 1.66. The molecule has 0 aliphatic carbocycles. The van der Waals surface area contributed by atoms with Crippen LogP contribution in [-0.4, -0.2) is 31.2 Å². The lowest BCUT2D eigenvalue weighted by atomic mass is 9.99. The Morgan fingerprint density at radius 1 is 1.12 bits per heavy atom. The van der Waals surface area contributed by atoms with Gasteiger partial charge >= 0.3 is 5.97 Å². The summed E-state index contributed by atoms with van der Waals surface area (Å²) in [6, 6.07) is 16.5. The molecule has 5 nitrogen and oxygen atoms in total. The molecule has 1 fully saturated rings. The minimum atomic E-state index is -0.552. The second-order valence-corrected chi connectivity index (χ2v) is 6.51. The van der Waals surface area contributed by atoms with Crippen molar-refractivity contribution in [2.75, 3.05) is 13.2 Å². The number of ether oxygens (including phenoxy) is 2. The monoisotopic (exact) mass is 373 g/mol. The first-order chi connectivity index (χ1) is 12.6. The first kappa shape index (κ1) is 18.4. The molecule has 0 spiro atoms. The van der Waals surface area contributed by atoms with Crippen LogP contribution in [0.25, 0.3) is 0 Å². The van der Waals surface area contributed by atoms with Crippen LogP contribution in [0.2, 0.25) is 5.02 Å². The highest BCUT2D eigenvalue weighted by Gasteiger charge is 2.26. The van der Waals surface area contributed by atoms with E-state index in [9.17, 15) is 9.59 Å². The van der Waals surface area contributed by atoms with Gasteiger partial charge in [-0.1, -0.05) is 54.1 Å². The van der Waals surface area contributed by atoms with E-state index in [0.29, 0.717) is 18.1 Å². The summed E-state index contributed by atoms with van der Waals surface area (Å²) in [6.07, 6.45) is 0.917. The fourth-order valence-corrected chi connectivity index (χ4v) is 2.98. The van der Waals surface area contributed by atoms with Gasteiger partial charge in [-0.3, -0.25) is 4.79 Å². The molecular formula is C20H20ClNO4. The van der Waals surface area contributed by atoms with E-state index in [4.69, 9.17) is 21.1 Å². The SMILES string of the molecule is O=C(COC(=O)C1CCCO1)NC(c1ccccc1)c1ccc(Cl)cc1. The summed E-state index contributed by atoms with van der Waals surface area (Å²) < 4.78 is 10.3. The van der Waals surface area contributed by atoms with Crippen molar-refractivity contribution >= 4 is 23.5 Å². The summed E-state index contributed by atoms with van der Waals surface area (Å²) in [7, 11) is 0. The first-order valence-electron chi connectivity index (χ1n) is 8.51. The number of benzene rings is 2. The lowest BCUT2D eigenvalue weighted by Gasteiger charge is -2.20. The number of carbonyl (C=O) groups is 2. The second-order valence-electron chi connectivity index (χ2n) is 6.07. The summed E-state index contributed by atoms with van der Waals surface area (Å²) in [6.45, 7) is 0.216. The van der Waals surface area contributed by atoms with E-state index < -0.39 is 12.1 Å². The molecule has 0 aromatic heterocycles. The number of nitrogens with one attached hydrogen (secondary N) is 1. The number of rotatable bonds is 6. The van der Waals surface area contributed by atoms with Gasteiger partial charge in [0.25, 0.3) is 5.91 Å². The largest absolute Gasteiger partial charge is 0.454 e. The summed E-state index contributed by atoms with van der Waals surface area (Å²) in [5, 5.41) is 3.54. The molecule has 6 heteroatoms. The number of hydrogen-bond acceptors (Lipinski definition) is 4. The molecular weight excluding hydrogens is 354 g/mol. The van der Waals surface area contributed by atoms with Gasteiger partial charge in [-0.15, -0.1) is 0 Å². The molecule has 1 N–H and O–H groups in total. The van der Waals surface area contributed by atoms with Crippen molar-refractivity contribution in [1.29, 1.82) is 0 Å². The molecule has 1 aliphatic rings. The van der Waals surface area contributed by atoms with Crippen LogP contribution in [0, 0.1) is 0 Å². The molecule has 3 rings (SSSR count). The zero-order valence-corrected chi connectivity index (χ0v) is 14.9. The molecule has 1 amide bonds. The zero-order valence-electron chi connectivity index (χ0n) is 14.2. The average Bonchev–Trinajstić information content (AvgIpc) is 3.21. The Morgan fingerprint density at radius 3 is 2.46 bits per heavy atom. The van der Waals surface area contributed by atoms with E-state index in [0.717, 1.165) is 17.5 Å². The Bertz CT molecular complexity index is 742. The highest BCUT2D eigenvalue weighted by Crippen LogP contribution is 2.23. The number of halogens is 1. The molecule has 2 aromatic carbocycles. The summed E-state index contributed by atoms with van der Waals surface area (Å²) >= 11 is 5.96. The number of esters is 1. The molecule has 1 saturated heterocycles. The van der Waals surface area contributed by atoms with Gasteiger partial charge in [0, 0.05) is 11.6 Å². The van der Waals surface area contributed by atoms with Crippen LogP contribution in [0.3, 0.4) is 0 Å². The van der Waals surface area contributed by atoms with Gasteiger partial charge in [0.05, 0.1) is 6.04 Å². The molecule has 2 aromatic rings. The van der Waals surface area contributed by atoms with Crippen molar-refractivity contribution in [3.8, 4) is 0 Å². The predicted octanol–water partition coefficient (Wildman–Crippen LogP) is 3.27. The maximum Gasteiger partial charge on any atom is 0.335 e. The van der Waals surface area contributed by atoms with Gasteiger partial charge in [-0.05, 0) is 36.1 Å². The molecule has 2 unspecified atom stereocenters. The van der Waals surface area contributed by atoms with E-state index in [1.54, 1.807) is 12.1 Å². The van der Waals surface area contributed by atoms with Gasteiger partial charge in [0.1, 0.15) is 0 Å². The van der Waals surface area contributed by atoms with Crippen LogP contribution < -0.4 is 5.32 Å². The second kappa shape index (κ2) is 8.83. The topological polar surface area (TPSA) is 64.6 Å². The highest BCUT2D eigenvalue weighted by molar-refractivity contribution is 6.30. The van der Waals surface area contributed by atoms with Crippen LogP contribution in [0.5, 0.6) is 0 Å². The smallest absolute Gasteiger partial charge is 0.335 e. The summed E-state index contributed by atoms with van der Waals surface area (Å²) in [4.78, 5) is 24.2.